The highest BCUT2D eigenvalue weighted by molar-refractivity contribution is 7.92. The molecule has 42 heavy (non-hydrogen) atoms. The first-order valence-corrected chi connectivity index (χ1v) is 14.3. The third-order valence-corrected chi connectivity index (χ3v) is 7.61. The summed E-state index contributed by atoms with van der Waals surface area (Å²) in [6.07, 6.45) is 3.24. The third kappa shape index (κ3) is 8.33. The van der Waals surface area contributed by atoms with Gasteiger partial charge in [0.05, 0.1) is 4.90 Å². The Kier molecular flexibility index (Phi) is 9.81. The van der Waals surface area contributed by atoms with Gasteiger partial charge >= 0.3 is 0 Å². The van der Waals surface area contributed by atoms with Crippen LogP contribution in [0, 0.1) is 11.6 Å². The summed E-state index contributed by atoms with van der Waals surface area (Å²) in [6.45, 7) is 1.38. The fraction of sp³-hybridized carbons (Fsp3) is 0.167. The zero-order valence-electron chi connectivity index (χ0n) is 22.5. The van der Waals surface area contributed by atoms with Crippen LogP contribution in [0.3, 0.4) is 0 Å². The van der Waals surface area contributed by atoms with E-state index in [9.17, 15) is 26.8 Å². The van der Waals surface area contributed by atoms with Crippen molar-refractivity contribution in [1.82, 2.24) is 15.2 Å². The summed E-state index contributed by atoms with van der Waals surface area (Å²) in [7, 11) is -3.95. The summed E-state index contributed by atoms with van der Waals surface area (Å²) < 4.78 is 59.8. The number of carbonyl (C=O) groups excluding carboxylic acids is 2. The van der Waals surface area contributed by atoms with E-state index in [0.29, 0.717) is 5.56 Å². The van der Waals surface area contributed by atoms with Crippen LogP contribution in [0.4, 0.5) is 14.5 Å². The minimum atomic E-state index is -3.95. The van der Waals surface area contributed by atoms with Crippen LogP contribution in [-0.4, -0.2) is 42.8 Å². The average Bonchev–Trinajstić information content (AvgIpc) is 3.00. The molecule has 1 unspecified atom stereocenters. The molecule has 0 aliphatic heterocycles. The largest absolute Gasteiger partial charge is 0.484 e. The van der Waals surface area contributed by atoms with Crippen LogP contribution in [0.15, 0.2) is 102 Å². The van der Waals surface area contributed by atoms with E-state index in [-0.39, 0.29) is 29.4 Å². The van der Waals surface area contributed by atoms with Crippen LogP contribution >= 0.6 is 0 Å². The van der Waals surface area contributed by atoms with E-state index >= 15 is 0 Å². The van der Waals surface area contributed by atoms with E-state index in [2.05, 4.69) is 15.0 Å². The van der Waals surface area contributed by atoms with Crippen molar-refractivity contribution < 1.29 is 31.5 Å². The van der Waals surface area contributed by atoms with Gasteiger partial charge in [0, 0.05) is 31.2 Å². The van der Waals surface area contributed by atoms with Crippen LogP contribution in [-0.2, 0) is 32.7 Å². The molecule has 0 bridgehead atoms. The first-order chi connectivity index (χ1) is 20.1. The molecule has 2 amide bonds. The lowest BCUT2D eigenvalue weighted by molar-refractivity contribution is -0.142. The molecule has 218 valence electrons. The number of nitrogens with zero attached hydrogens (tertiary/aromatic N) is 2. The average molecular weight is 595 g/mol. The molecule has 12 heteroatoms. The van der Waals surface area contributed by atoms with Crippen LogP contribution in [0.2, 0.25) is 0 Å². The van der Waals surface area contributed by atoms with Gasteiger partial charge < -0.3 is 15.0 Å². The third-order valence-electron chi connectivity index (χ3n) is 6.22. The number of sulfonamides is 1. The quantitative estimate of drug-likeness (QED) is 0.253. The number of hydrogen-bond acceptors (Lipinski definition) is 6. The summed E-state index contributed by atoms with van der Waals surface area (Å²) >= 11 is 0. The molecule has 1 aromatic heterocycles. The highest BCUT2D eigenvalue weighted by atomic mass is 32.2. The van der Waals surface area contributed by atoms with Crippen molar-refractivity contribution in [3.05, 3.63) is 120 Å². The molecule has 0 aliphatic rings. The molecular weight excluding hydrogens is 566 g/mol. The van der Waals surface area contributed by atoms with Crippen molar-refractivity contribution in [2.45, 2.75) is 31.0 Å². The number of rotatable bonds is 12. The lowest BCUT2D eigenvalue weighted by Gasteiger charge is -2.28. The van der Waals surface area contributed by atoms with Crippen molar-refractivity contribution in [2.75, 3.05) is 11.3 Å². The van der Waals surface area contributed by atoms with Gasteiger partial charge in [0.25, 0.3) is 15.9 Å². The highest BCUT2D eigenvalue weighted by Gasteiger charge is 2.26. The van der Waals surface area contributed by atoms with Crippen LogP contribution in [0.5, 0.6) is 5.75 Å². The van der Waals surface area contributed by atoms with Gasteiger partial charge in [0.15, 0.2) is 6.61 Å². The maximum atomic E-state index is 13.4. The predicted molar refractivity (Wildman–Crippen MR) is 152 cm³/mol. The topological polar surface area (TPSA) is 118 Å². The predicted octanol–water partition coefficient (Wildman–Crippen LogP) is 4.27. The van der Waals surface area contributed by atoms with Crippen molar-refractivity contribution in [2.24, 2.45) is 0 Å². The number of nitrogens with one attached hydrogen (secondary N) is 2. The van der Waals surface area contributed by atoms with Crippen molar-refractivity contribution in [3.63, 3.8) is 0 Å². The number of pyridine rings is 1. The monoisotopic (exact) mass is 594 g/mol. The number of benzene rings is 3. The van der Waals surface area contributed by atoms with Gasteiger partial charge in [-0.25, -0.2) is 17.2 Å². The minimum absolute atomic E-state index is 0.0240. The molecule has 3 aromatic carbocycles. The Morgan fingerprint density at radius 3 is 2.17 bits per heavy atom. The number of hydrogen-bond donors (Lipinski definition) is 2. The molecule has 0 radical (unpaired) electrons. The first-order valence-electron chi connectivity index (χ1n) is 12.8. The Bertz CT molecular complexity index is 1600. The molecule has 2 N–H and O–H groups in total. The molecule has 0 saturated carbocycles. The Labute approximate surface area is 242 Å². The molecule has 0 saturated heterocycles. The molecule has 1 heterocycles. The summed E-state index contributed by atoms with van der Waals surface area (Å²) in [5.41, 5.74) is 1.60. The summed E-state index contributed by atoms with van der Waals surface area (Å²) in [6, 6.07) is 18.5. The van der Waals surface area contributed by atoms with Gasteiger partial charge in [0.1, 0.15) is 23.4 Å². The van der Waals surface area contributed by atoms with Gasteiger partial charge in [-0.15, -0.1) is 0 Å². The normalized spacial score (nSPS) is 11.8. The number of aromatic nitrogens is 1. The zero-order valence-corrected chi connectivity index (χ0v) is 23.4. The first kappa shape index (κ1) is 30.1. The standard InChI is InChI=1S/C30H28F2N4O5S/c1-21(30(38)34-18-23-3-2-16-33-17-23)36(19-22-4-6-24(31)7-5-22)29(37)20-41-27-12-14-28(15-13-27)42(39,40)35-26-10-8-25(32)9-11-26/h2-17,21,35H,18-20H2,1H3,(H,34,38). The number of carbonyl (C=O) groups is 2. The van der Waals surface area contributed by atoms with E-state index in [0.717, 1.165) is 17.7 Å². The zero-order chi connectivity index (χ0) is 30.1. The molecule has 4 aromatic rings. The summed E-state index contributed by atoms with van der Waals surface area (Å²) in [5.74, 6) is -1.62. The Morgan fingerprint density at radius 1 is 0.905 bits per heavy atom. The van der Waals surface area contributed by atoms with Gasteiger partial charge in [0.2, 0.25) is 5.91 Å². The van der Waals surface area contributed by atoms with Crippen molar-refractivity contribution in [3.8, 4) is 5.75 Å². The molecule has 0 aliphatic carbocycles. The molecular formula is C30H28F2N4O5S. The lowest BCUT2D eigenvalue weighted by atomic mass is 10.1. The Morgan fingerprint density at radius 2 is 1.55 bits per heavy atom. The lowest BCUT2D eigenvalue weighted by Crippen LogP contribution is -2.48. The Balaban J connectivity index is 1.41. The number of amides is 2. The molecule has 0 spiro atoms. The maximum absolute atomic E-state index is 13.4. The highest BCUT2D eigenvalue weighted by Crippen LogP contribution is 2.20. The fourth-order valence-corrected chi connectivity index (χ4v) is 4.94. The van der Waals surface area contributed by atoms with Crippen molar-refractivity contribution >= 4 is 27.5 Å². The second-order valence-electron chi connectivity index (χ2n) is 9.28. The van der Waals surface area contributed by atoms with E-state index in [1.165, 1.54) is 65.6 Å². The van der Waals surface area contributed by atoms with Gasteiger partial charge in [-0.3, -0.25) is 19.3 Å². The van der Waals surface area contributed by atoms with Gasteiger partial charge in [-0.2, -0.15) is 0 Å². The SMILES string of the molecule is CC(C(=O)NCc1cccnc1)N(Cc1ccc(F)cc1)C(=O)COc1ccc(S(=O)(=O)Nc2ccc(F)cc2)cc1. The molecule has 9 nitrogen and oxygen atoms in total. The molecule has 0 fully saturated rings. The van der Waals surface area contributed by atoms with Crippen LogP contribution < -0.4 is 14.8 Å². The molecule has 1 atom stereocenters. The minimum Gasteiger partial charge on any atom is -0.484 e. The number of anilines is 1. The molecule has 4 rings (SSSR count). The number of ether oxygens (including phenoxy) is 1. The number of halogens is 2. The van der Waals surface area contributed by atoms with Crippen LogP contribution in [0.25, 0.3) is 0 Å². The van der Waals surface area contributed by atoms with Crippen LogP contribution in [0.1, 0.15) is 18.1 Å². The maximum Gasteiger partial charge on any atom is 0.261 e. The van der Waals surface area contributed by atoms with E-state index in [1.807, 2.05) is 6.07 Å². The van der Waals surface area contributed by atoms with E-state index in [1.54, 1.807) is 25.4 Å². The smallest absolute Gasteiger partial charge is 0.261 e. The second kappa shape index (κ2) is 13.7. The van der Waals surface area contributed by atoms with Gasteiger partial charge in [-0.05, 0) is 84.8 Å². The van der Waals surface area contributed by atoms with Crippen molar-refractivity contribution in [1.29, 1.82) is 0 Å². The van der Waals surface area contributed by atoms with E-state index < -0.39 is 46.1 Å². The Hall–Kier alpha value is -4.84. The second-order valence-corrected chi connectivity index (χ2v) is 11.0. The summed E-state index contributed by atoms with van der Waals surface area (Å²) in [5, 5.41) is 2.79. The van der Waals surface area contributed by atoms with E-state index in [4.69, 9.17) is 4.74 Å². The summed E-state index contributed by atoms with van der Waals surface area (Å²) in [4.78, 5) is 31.5. The van der Waals surface area contributed by atoms with Gasteiger partial charge in [-0.1, -0.05) is 18.2 Å². The fourth-order valence-electron chi connectivity index (χ4n) is 3.88.